The van der Waals surface area contributed by atoms with E-state index in [0.717, 1.165) is 24.5 Å². The Bertz CT molecular complexity index is 616. The molecule has 2 saturated heterocycles. The SMILES string of the molecule is CC(=O)NCc1ccc(N2CCC3(CC2)OCC[C@H](O)[C@@H]3O)nc1.O=CO. The number of carboxylic acid groups (broad SMARTS) is 1. The molecule has 2 atom stereocenters. The van der Waals surface area contributed by atoms with Crippen molar-refractivity contribution in [2.75, 3.05) is 24.6 Å². The highest BCUT2D eigenvalue weighted by molar-refractivity contribution is 5.72. The molecule has 2 aliphatic heterocycles. The van der Waals surface area contributed by atoms with Crippen molar-refractivity contribution in [1.29, 1.82) is 0 Å². The van der Waals surface area contributed by atoms with Crippen molar-refractivity contribution in [3.8, 4) is 0 Å². The molecular weight excluding hydrogens is 354 g/mol. The van der Waals surface area contributed by atoms with Gasteiger partial charge < -0.3 is 30.3 Å². The normalized spacial score (nSPS) is 23.9. The fourth-order valence-corrected chi connectivity index (χ4v) is 3.47. The molecule has 1 amide bonds. The second kappa shape index (κ2) is 9.63. The van der Waals surface area contributed by atoms with Crippen LogP contribution in [0.5, 0.6) is 0 Å². The fourth-order valence-electron chi connectivity index (χ4n) is 3.47. The number of aliphatic hydroxyl groups is 2. The Kier molecular flexibility index (Phi) is 7.52. The predicted octanol–water partition coefficient (Wildman–Crippen LogP) is -0.100. The molecule has 3 heterocycles. The minimum Gasteiger partial charge on any atom is -0.483 e. The van der Waals surface area contributed by atoms with Crippen molar-refractivity contribution < 1.29 is 29.6 Å². The zero-order valence-electron chi connectivity index (χ0n) is 15.4. The van der Waals surface area contributed by atoms with Gasteiger partial charge in [-0.1, -0.05) is 6.07 Å². The van der Waals surface area contributed by atoms with Gasteiger partial charge in [-0.2, -0.15) is 0 Å². The molecule has 0 radical (unpaired) electrons. The van der Waals surface area contributed by atoms with Crippen molar-refractivity contribution in [3.63, 3.8) is 0 Å². The first-order valence-corrected chi connectivity index (χ1v) is 8.94. The average Bonchev–Trinajstić information content (AvgIpc) is 2.66. The minimum absolute atomic E-state index is 0.0615. The van der Waals surface area contributed by atoms with Crippen LogP contribution in [-0.2, 0) is 20.9 Å². The molecule has 0 aliphatic carbocycles. The average molecular weight is 381 g/mol. The van der Waals surface area contributed by atoms with Gasteiger partial charge in [-0.15, -0.1) is 0 Å². The number of amides is 1. The van der Waals surface area contributed by atoms with E-state index >= 15 is 0 Å². The van der Waals surface area contributed by atoms with Crippen LogP contribution in [0.4, 0.5) is 5.82 Å². The molecule has 1 aromatic heterocycles. The molecule has 3 rings (SSSR count). The summed E-state index contributed by atoms with van der Waals surface area (Å²) in [6.45, 7) is 3.66. The first-order chi connectivity index (χ1) is 12.9. The number of hydrogen-bond acceptors (Lipinski definition) is 7. The van der Waals surface area contributed by atoms with Crippen LogP contribution in [0.2, 0.25) is 0 Å². The van der Waals surface area contributed by atoms with E-state index in [9.17, 15) is 15.0 Å². The number of ether oxygens (including phenoxy) is 1. The molecular formula is C18H27N3O6. The summed E-state index contributed by atoms with van der Waals surface area (Å²) in [7, 11) is 0. The van der Waals surface area contributed by atoms with E-state index in [1.807, 2.05) is 12.1 Å². The molecule has 9 heteroatoms. The Balaban J connectivity index is 0.000000817. The van der Waals surface area contributed by atoms with Crippen molar-refractivity contribution in [2.24, 2.45) is 0 Å². The number of aliphatic hydroxyl groups excluding tert-OH is 2. The molecule has 4 N–H and O–H groups in total. The van der Waals surface area contributed by atoms with Gasteiger partial charge in [-0.3, -0.25) is 9.59 Å². The maximum absolute atomic E-state index is 10.9. The lowest BCUT2D eigenvalue weighted by atomic mass is 9.80. The summed E-state index contributed by atoms with van der Waals surface area (Å²) < 4.78 is 5.85. The van der Waals surface area contributed by atoms with Gasteiger partial charge in [-0.05, 0) is 30.9 Å². The summed E-state index contributed by atoms with van der Waals surface area (Å²) in [5, 5.41) is 29.9. The molecule has 1 aromatic rings. The van der Waals surface area contributed by atoms with Gasteiger partial charge in [0.05, 0.1) is 18.3 Å². The maximum Gasteiger partial charge on any atom is 0.290 e. The smallest absolute Gasteiger partial charge is 0.290 e. The number of aromatic nitrogens is 1. The van der Waals surface area contributed by atoms with Gasteiger partial charge in [0.15, 0.2) is 0 Å². The second-order valence-corrected chi connectivity index (χ2v) is 6.74. The molecule has 2 aliphatic rings. The van der Waals surface area contributed by atoms with Gasteiger partial charge in [0.25, 0.3) is 6.47 Å². The molecule has 0 bridgehead atoms. The van der Waals surface area contributed by atoms with Crippen LogP contribution in [-0.4, -0.2) is 70.2 Å². The molecule has 0 aromatic carbocycles. The van der Waals surface area contributed by atoms with Gasteiger partial charge in [0, 0.05) is 32.8 Å². The fraction of sp³-hybridized carbons (Fsp3) is 0.611. The predicted molar refractivity (Wildman–Crippen MR) is 97.2 cm³/mol. The van der Waals surface area contributed by atoms with E-state index in [2.05, 4.69) is 15.2 Å². The number of anilines is 1. The number of carbonyl (C=O) groups excluding carboxylic acids is 1. The number of nitrogens with zero attached hydrogens (tertiary/aromatic N) is 2. The quantitative estimate of drug-likeness (QED) is 0.534. The number of piperidine rings is 1. The Hall–Kier alpha value is -2.23. The number of pyridine rings is 1. The van der Waals surface area contributed by atoms with Crippen LogP contribution in [0.1, 0.15) is 31.7 Å². The molecule has 27 heavy (non-hydrogen) atoms. The second-order valence-electron chi connectivity index (χ2n) is 6.74. The van der Waals surface area contributed by atoms with Crippen molar-refractivity contribution in [3.05, 3.63) is 23.9 Å². The summed E-state index contributed by atoms with van der Waals surface area (Å²) >= 11 is 0. The third kappa shape index (κ3) is 5.38. The number of carbonyl (C=O) groups is 2. The summed E-state index contributed by atoms with van der Waals surface area (Å²) in [5.74, 6) is 0.816. The van der Waals surface area contributed by atoms with E-state index in [-0.39, 0.29) is 12.4 Å². The van der Waals surface area contributed by atoms with Crippen LogP contribution in [0, 0.1) is 0 Å². The largest absolute Gasteiger partial charge is 0.483 e. The van der Waals surface area contributed by atoms with E-state index in [0.29, 0.717) is 32.4 Å². The minimum atomic E-state index is -0.818. The lowest BCUT2D eigenvalue weighted by Gasteiger charge is -2.48. The van der Waals surface area contributed by atoms with Gasteiger partial charge in [0.2, 0.25) is 5.91 Å². The van der Waals surface area contributed by atoms with Crippen LogP contribution >= 0.6 is 0 Å². The highest BCUT2D eigenvalue weighted by Crippen LogP contribution is 2.36. The Morgan fingerprint density at radius 1 is 1.41 bits per heavy atom. The molecule has 0 unspecified atom stereocenters. The molecule has 0 saturated carbocycles. The van der Waals surface area contributed by atoms with Gasteiger partial charge >= 0.3 is 0 Å². The van der Waals surface area contributed by atoms with E-state index in [4.69, 9.17) is 14.6 Å². The summed E-state index contributed by atoms with van der Waals surface area (Å²) in [4.78, 5) is 25.9. The number of nitrogens with one attached hydrogen (secondary N) is 1. The van der Waals surface area contributed by atoms with Crippen molar-refractivity contribution in [2.45, 2.75) is 50.5 Å². The third-order valence-corrected chi connectivity index (χ3v) is 4.99. The highest BCUT2D eigenvalue weighted by atomic mass is 16.5. The Morgan fingerprint density at radius 3 is 2.63 bits per heavy atom. The summed E-state index contributed by atoms with van der Waals surface area (Å²) in [6.07, 6.45) is 2.08. The lowest BCUT2D eigenvalue weighted by molar-refractivity contribution is -0.205. The monoisotopic (exact) mass is 381 g/mol. The maximum atomic E-state index is 10.9. The standard InChI is InChI=1S/C17H25N3O4.CH2O2/c1-12(21)18-10-13-2-3-15(19-11-13)20-7-5-17(6-8-20)16(23)14(22)4-9-24-17;2-1-3/h2-3,11,14,16,22-23H,4-10H2,1H3,(H,18,21);1H,(H,2,3)/t14-,16-;/m0./s1. The van der Waals surface area contributed by atoms with Gasteiger partial charge in [-0.25, -0.2) is 4.98 Å². The zero-order chi connectivity index (χ0) is 19.9. The summed E-state index contributed by atoms with van der Waals surface area (Å²) in [5.41, 5.74) is 0.330. The Labute approximate surface area is 158 Å². The summed E-state index contributed by atoms with van der Waals surface area (Å²) in [6, 6.07) is 3.90. The third-order valence-electron chi connectivity index (χ3n) is 4.99. The first kappa shape index (κ1) is 21.1. The Morgan fingerprint density at radius 2 is 2.07 bits per heavy atom. The van der Waals surface area contributed by atoms with Crippen molar-refractivity contribution >= 4 is 18.2 Å². The topological polar surface area (TPSA) is 132 Å². The van der Waals surface area contributed by atoms with Crippen LogP contribution < -0.4 is 10.2 Å². The van der Waals surface area contributed by atoms with E-state index < -0.39 is 17.8 Å². The van der Waals surface area contributed by atoms with E-state index in [1.54, 1.807) is 6.20 Å². The molecule has 2 fully saturated rings. The zero-order valence-corrected chi connectivity index (χ0v) is 15.4. The van der Waals surface area contributed by atoms with Crippen molar-refractivity contribution in [1.82, 2.24) is 10.3 Å². The van der Waals surface area contributed by atoms with Crippen LogP contribution in [0.15, 0.2) is 18.3 Å². The lowest BCUT2D eigenvalue weighted by Crippen LogP contribution is -2.60. The molecule has 1 spiro atoms. The van der Waals surface area contributed by atoms with E-state index in [1.165, 1.54) is 6.92 Å². The highest BCUT2D eigenvalue weighted by Gasteiger charge is 2.47. The van der Waals surface area contributed by atoms with Crippen LogP contribution in [0.3, 0.4) is 0 Å². The van der Waals surface area contributed by atoms with Crippen LogP contribution in [0.25, 0.3) is 0 Å². The molecule has 9 nitrogen and oxygen atoms in total. The number of hydrogen-bond donors (Lipinski definition) is 4. The first-order valence-electron chi connectivity index (χ1n) is 8.94. The van der Waals surface area contributed by atoms with Gasteiger partial charge in [0.1, 0.15) is 11.9 Å². The number of rotatable bonds is 3. The molecule has 150 valence electrons.